The van der Waals surface area contributed by atoms with Crippen molar-refractivity contribution in [3.05, 3.63) is 35.9 Å². The van der Waals surface area contributed by atoms with Gasteiger partial charge in [0.2, 0.25) is 0 Å². The minimum absolute atomic E-state index is 0.495. The number of hydrogen-bond acceptors (Lipinski definition) is 8. The second-order valence-corrected chi connectivity index (χ2v) is 12.1. The van der Waals surface area contributed by atoms with Gasteiger partial charge < -0.3 is 23.8 Å². The van der Waals surface area contributed by atoms with Crippen LogP contribution in [-0.4, -0.2) is 98.5 Å². The van der Waals surface area contributed by atoms with Crippen LogP contribution in [0, 0.1) is 18.8 Å². The summed E-state index contributed by atoms with van der Waals surface area (Å²) in [5, 5.41) is 4.32. The van der Waals surface area contributed by atoms with Gasteiger partial charge in [-0.1, -0.05) is 0 Å². The van der Waals surface area contributed by atoms with E-state index in [1.807, 2.05) is 12.3 Å². The van der Waals surface area contributed by atoms with E-state index in [1.165, 1.54) is 69.4 Å². The SMILES string of the molecule is COCCN1C[C@H]2CC(N3CCC(c4cc(C)c5nc(-c6cc(OC)c7ncnn7c6)n(C)c5n4)CC3)C[C@H]2C1. The molecule has 6 heterocycles. The molecule has 10 nitrogen and oxygen atoms in total. The number of rotatable bonds is 7. The Labute approximate surface area is 235 Å². The van der Waals surface area contributed by atoms with E-state index in [0.717, 1.165) is 53.6 Å². The Hall–Kier alpha value is -3.08. The number of methoxy groups -OCH3 is 2. The molecular formula is C30H40N8O2. The van der Waals surface area contributed by atoms with Crippen molar-refractivity contribution in [1.82, 2.24) is 38.9 Å². The van der Waals surface area contributed by atoms with E-state index in [4.69, 9.17) is 19.4 Å². The molecule has 0 N–H and O–H groups in total. The highest BCUT2D eigenvalue weighted by Gasteiger charge is 2.43. The Morgan fingerprint density at radius 2 is 1.77 bits per heavy atom. The van der Waals surface area contributed by atoms with Crippen LogP contribution in [0.5, 0.6) is 5.75 Å². The molecule has 212 valence electrons. The maximum absolute atomic E-state index is 5.58. The van der Waals surface area contributed by atoms with Gasteiger partial charge in [0, 0.05) is 63.2 Å². The molecule has 0 bridgehead atoms. The molecule has 3 aliphatic rings. The number of aryl methyl sites for hydroxylation is 2. The normalized spacial score (nSPS) is 24.4. The van der Waals surface area contributed by atoms with Crippen LogP contribution in [0.2, 0.25) is 0 Å². The molecule has 2 aliphatic heterocycles. The predicted octanol–water partition coefficient (Wildman–Crippen LogP) is 3.53. The number of likely N-dealkylation sites (tertiary alicyclic amines) is 2. The highest BCUT2D eigenvalue weighted by atomic mass is 16.5. The maximum Gasteiger partial charge on any atom is 0.197 e. The number of hydrogen-bond donors (Lipinski definition) is 0. The number of imidazole rings is 1. The molecule has 7 rings (SSSR count). The summed E-state index contributed by atoms with van der Waals surface area (Å²) in [6, 6.07) is 5.01. The molecule has 40 heavy (non-hydrogen) atoms. The van der Waals surface area contributed by atoms with E-state index in [9.17, 15) is 0 Å². The maximum atomic E-state index is 5.58. The Bertz CT molecular complexity index is 1510. The number of piperidine rings is 1. The van der Waals surface area contributed by atoms with Crippen LogP contribution in [0.15, 0.2) is 24.7 Å². The minimum Gasteiger partial charge on any atom is -0.493 e. The molecule has 1 aliphatic carbocycles. The molecule has 10 heteroatoms. The molecule has 3 atom stereocenters. The van der Waals surface area contributed by atoms with Crippen LogP contribution in [0.1, 0.15) is 42.9 Å². The summed E-state index contributed by atoms with van der Waals surface area (Å²) >= 11 is 0. The van der Waals surface area contributed by atoms with Gasteiger partial charge in [-0.05, 0) is 75.2 Å². The largest absolute Gasteiger partial charge is 0.493 e. The molecular weight excluding hydrogens is 504 g/mol. The number of aromatic nitrogens is 6. The van der Waals surface area contributed by atoms with E-state index >= 15 is 0 Å². The van der Waals surface area contributed by atoms with Crippen molar-refractivity contribution in [2.75, 3.05) is 53.6 Å². The lowest BCUT2D eigenvalue weighted by Gasteiger charge is -2.36. The lowest BCUT2D eigenvalue weighted by Crippen LogP contribution is -2.41. The van der Waals surface area contributed by atoms with Gasteiger partial charge in [0.25, 0.3) is 0 Å². The Morgan fingerprint density at radius 1 is 1.00 bits per heavy atom. The summed E-state index contributed by atoms with van der Waals surface area (Å²) in [7, 11) is 5.51. The third-order valence-electron chi connectivity index (χ3n) is 9.73. The van der Waals surface area contributed by atoms with Crippen LogP contribution in [-0.2, 0) is 11.8 Å². The van der Waals surface area contributed by atoms with Crippen molar-refractivity contribution in [3.8, 4) is 17.1 Å². The standard InChI is InChI=1S/C30H40N8O2/c1-19-11-25(20-5-7-37(8-6-20)24-12-21-15-36(9-10-39-3)16-22(21)13-24)33-30-27(19)34-28(35(30)2)23-14-26(40-4)29-31-18-32-38(29)17-23/h11,14,17-18,20-22,24H,5-10,12-13,15-16H2,1-4H3/t21-,22+,24?. The average molecular weight is 545 g/mol. The highest BCUT2D eigenvalue weighted by molar-refractivity contribution is 5.81. The molecule has 3 fully saturated rings. The van der Waals surface area contributed by atoms with E-state index in [-0.39, 0.29) is 0 Å². The van der Waals surface area contributed by atoms with Crippen LogP contribution < -0.4 is 4.74 Å². The first-order valence-corrected chi connectivity index (χ1v) is 14.7. The summed E-state index contributed by atoms with van der Waals surface area (Å²) in [6.45, 7) is 8.97. The summed E-state index contributed by atoms with van der Waals surface area (Å²) < 4.78 is 14.7. The van der Waals surface area contributed by atoms with E-state index in [1.54, 1.807) is 18.7 Å². The van der Waals surface area contributed by atoms with Crippen molar-refractivity contribution in [3.63, 3.8) is 0 Å². The fourth-order valence-corrected chi connectivity index (χ4v) is 7.59. The van der Waals surface area contributed by atoms with Gasteiger partial charge in [-0.2, -0.15) is 5.10 Å². The van der Waals surface area contributed by atoms with Gasteiger partial charge in [-0.15, -0.1) is 0 Å². The summed E-state index contributed by atoms with van der Waals surface area (Å²) in [5.41, 5.74) is 5.89. The number of ether oxygens (including phenoxy) is 2. The fourth-order valence-electron chi connectivity index (χ4n) is 7.59. The van der Waals surface area contributed by atoms with Gasteiger partial charge in [-0.3, -0.25) is 0 Å². The van der Waals surface area contributed by atoms with E-state index in [0.29, 0.717) is 17.3 Å². The summed E-state index contributed by atoms with van der Waals surface area (Å²) in [5.74, 6) is 3.76. The summed E-state index contributed by atoms with van der Waals surface area (Å²) in [4.78, 5) is 19.9. The van der Waals surface area contributed by atoms with Crippen LogP contribution in [0.3, 0.4) is 0 Å². The zero-order chi connectivity index (χ0) is 27.4. The molecule has 0 amide bonds. The van der Waals surface area contributed by atoms with Crippen LogP contribution >= 0.6 is 0 Å². The third kappa shape index (κ3) is 4.46. The number of fused-ring (bicyclic) bond motifs is 3. The van der Waals surface area contributed by atoms with Crippen molar-refractivity contribution < 1.29 is 9.47 Å². The lowest BCUT2D eigenvalue weighted by molar-refractivity contribution is 0.132. The van der Waals surface area contributed by atoms with E-state index in [2.05, 4.69) is 44.5 Å². The Balaban J connectivity index is 1.06. The van der Waals surface area contributed by atoms with E-state index < -0.39 is 0 Å². The third-order valence-corrected chi connectivity index (χ3v) is 9.73. The zero-order valence-electron chi connectivity index (χ0n) is 24.1. The number of nitrogens with zero attached hydrogens (tertiary/aromatic N) is 8. The average Bonchev–Trinajstić information content (AvgIpc) is 3.74. The van der Waals surface area contributed by atoms with Crippen molar-refractivity contribution in [2.45, 2.75) is 44.6 Å². The monoisotopic (exact) mass is 544 g/mol. The molecule has 4 aromatic heterocycles. The summed E-state index contributed by atoms with van der Waals surface area (Å²) in [6.07, 6.45) is 8.57. The van der Waals surface area contributed by atoms with Gasteiger partial charge >= 0.3 is 0 Å². The molecule has 1 unspecified atom stereocenters. The smallest absolute Gasteiger partial charge is 0.197 e. The molecule has 0 aromatic carbocycles. The van der Waals surface area contributed by atoms with Crippen LogP contribution in [0.25, 0.3) is 28.2 Å². The first-order chi connectivity index (χ1) is 19.5. The minimum atomic E-state index is 0.495. The second kappa shape index (κ2) is 10.4. The topological polar surface area (TPSA) is 85.8 Å². The lowest BCUT2D eigenvalue weighted by atomic mass is 9.91. The van der Waals surface area contributed by atoms with Crippen molar-refractivity contribution in [2.24, 2.45) is 18.9 Å². The van der Waals surface area contributed by atoms with Crippen molar-refractivity contribution in [1.29, 1.82) is 0 Å². The zero-order valence-corrected chi connectivity index (χ0v) is 24.1. The van der Waals surface area contributed by atoms with Gasteiger partial charge in [0.15, 0.2) is 17.0 Å². The fraction of sp³-hybridized carbons (Fsp3) is 0.600. The molecule has 0 spiro atoms. The molecule has 1 saturated carbocycles. The predicted molar refractivity (Wildman–Crippen MR) is 154 cm³/mol. The van der Waals surface area contributed by atoms with Gasteiger partial charge in [-0.25, -0.2) is 19.5 Å². The quantitative estimate of drug-likeness (QED) is 0.349. The van der Waals surface area contributed by atoms with Crippen LogP contribution in [0.4, 0.5) is 0 Å². The van der Waals surface area contributed by atoms with Gasteiger partial charge in [0.05, 0.1) is 13.7 Å². The Kier molecular flexibility index (Phi) is 6.72. The second-order valence-electron chi connectivity index (χ2n) is 12.1. The molecule has 4 aromatic rings. The molecule has 0 radical (unpaired) electrons. The van der Waals surface area contributed by atoms with Gasteiger partial charge in [0.1, 0.15) is 17.7 Å². The highest BCUT2D eigenvalue weighted by Crippen LogP contribution is 2.42. The first kappa shape index (κ1) is 25.9. The Morgan fingerprint density at radius 3 is 2.50 bits per heavy atom. The molecule has 2 saturated heterocycles. The number of pyridine rings is 2. The van der Waals surface area contributed by atoms with Crippen molar-refractivity contribution >= 4 is 16.8 Å². The first-order valence-electron chi connectivity index (χ1n) is 14.7.